The minimum absolute atomic E-state index is 0.0658. The molecule has 0 radical (unpaired) electrons. The highest BCUT2D eigenvalue weighted by atomic mass is 16.6. The Morgan fingerprint density at radius 3 is 2.95 bits per heavy atom. The summed E-state index contributed by atoms with van der Waals surface area (Å²) in [4.78, 5) is 10.3. The number of nitriles is 1. The van der Waals surface area contributed by atoms with E-state index in [0.29, 0.717) is 18.1 Å². The minimum Gasteiger partial charge on any atom is -0.382 e. The number of nitrogens with one attached hydrogen (secondary N) is 1. The van der Waals surface area contributed by atoms with Crippen LogP contribution in [0.25, 0.3) is 5.69 Å². The summed E-state index contributed by atoms with van der Waals surface area (Å²) in [7, 11) is 0. The van der Waals surface area contributed by atoms with E-state index in [1.807, 2.05) is 13.0 Å². The van der Waals surface area contributed by atoms with Crippen LogP contribution in [0.1, 0.15) is 18.9 Å². The number of non-ortho nitro benzene ring substituents is 1. The van der Waals surface area contributed by atoms with E-state index in [1.165, 1.54) is 16.8 Å². The lowest BCUT2D eigenvalue weighted by molar-refractivity contribution is -0.384. The van der Waals surface area contributed by atoms with E-state index in [1.54, 1.807) is 12.1 Å². The van der Waals surface area contributed by atoms with Crippen molar-refractivity contribution in [3.05, 3.63) is 39.9 Å². The zero-order valence-corrected chi connectivity index (χ0v) is 11.4. The molecule has 0 aliphatic rings. The molecule has 0 bridgehead atoms. The first-order valence-corrected chi connectivity index (χ1v) is 6.35. The van der Waals surface area contributed by atoms with Crippen LogP contribution in [0, 0.1) is 21.4 Å². The van der Waals surface area contributed by atoms with Gasteiger partial charge in [-0.1, -0.05) is 13.0 Å². The fraction of sp³-hybridized carbons (Fsp3) is 0.231. The standard InChI is InChI=1S/C13H14N6O2/c1-2-6-16-13-11(8-14)12(15)18(17-13)9-4-3-5-10(7-9)19(20)21/h3-5,7H,2,6,15H2,1H3,(H,16,17). The van der Waals surface area contributed by atoms with Crippen LogP contribution in [0.2, 0.25) is 0 Å². The maximum absolute atomic E-state index is 10.8. The zero-order valence-electron chi connectivity index (χ0n) is 11.4. The van der Waals surface area contributed by atoms with Crippen molar-refractivity contribution in [2.45, 2.75) is 13.3 Å². The predicted molar refractivity (Wildman–Crippen MR) is 78.1 cm³/mol. The Bertz CT molecular complexity index is 716. The van der Waals surface area contributed by atoms with Crippen LogP contribution in [0.4, 0.5) is 17.3 Å². The SMILES string of the molecule is CCCNc1nn(-c2cccc([N+](=O)[O-])c2)c(N)c1C#N. The summed E-state index contributed by atoms with van der Waals surface area (Å²) in [6.07, 6.45) is 0.869. The summed E-state index contributed by atoms with van der Waals surface area (Å²) < 4.78 is 1.32. The third-order valence-corrected chi connectivity index (χ3v) is 2.86. The number of nitrogen functional groups attached to an aromatic ring is 1. The van der Waals surface area contributed by atoms with E-state index in [-0.39, 0.29) is 17.1 Å². The molecule has 0 fully saturated rings. The number of hydrogen-bond acceptors (Lipinski definition) is 6. The van der Waals surface area contributed by atoms with Crippen molar-refractivity contribution in [3.63, 3.8) is 0 Å². The van der Waals surface area contributed by atoms with Crippen LogP contribution in [0.5, 0.6) is 0 Å². The van der Waals surface area contributed by atoms with Crippen LogP contribution in [0.15, 0.2) is 24.3 Å². The van der Waals surface area contributed by atoms with Gasteiger partial charge in [0.15, 0.2) is 5.82 Å². The van der Waals surface area contributed by atoms with Gasteiger partial charge in [0.2, 0.25) is 0 Å². The van der Waals surface area contributed by atoms with Gasteiger partial charge in [-0.2, -0.15) is 5.26 Å². The van der Waals surface area contributed by atoms with E-state index in [9.17, 15) is 15.4 Å². The number of nitro benzene ring substituents is 1. The van der Waals surface area contributed by atoms with Gasteiger partial charge in [-0.05, 0) is 12.5 Å². The number of nitrogens with zero attached hydrogens (tertiary/aromatic N) is 4. The third-order valence-electron chi connectivity index (χ3n) is 2.86. The first-order chi connectivity index (χ1) is 10.1. The molecular weight excluding hydrogens is 272 g/mol. The third kappa shape index (κ3) is 2.76. The topological polar surface area (TPSA) is 123 Å². The van der Waals surface area contributed by atoms with Gasteiger partial charge in [-0.3, -0.25) is 10.1 Å². The number of hydrogen-bond donors (Lipinski definition) is 2. The van der Waals surface area contributed by atoms with Crippen molar-refractivity contribution in [2.24, 2.45) is 0 Å². The van der Waals surface area contributed by atoms with E-state index in [0.717, 1.165) is 6.42 Å². The molecule has 0 amide bonds. The molecule has 1 aromatic carbocycles. The molecule has 0 aliphatic carbocycles. The normalized spacial score (nSPS) is 10.1. The first-order valence-electron chi connectivity index (χ1n) is 6.35. The highest BCUT2D eigenvalue weighted by molar-refractivity contribution is 5.66. The van der Waals surface area contributed by atoms with Crippen molar-refractivity contribution in [2.75, 3.05) is 17.6 Å². The lowest BCUT2D eigenvalue weighted by Crippen LogP contribution is -2.04. The Morgan fingerprint density at radius 2 is 2.33 bits per heavy atom. The van der Waals surface area contributed by atoms with Gasteiger partial charge in [0.1, 0.15) is 17.5 Å². The molecule has 0 saturated carbocycles. The molecule has 0 unspecified atom stereocenters. The molecule has 2 aromatic rings. The molecule has 2 rings (SSSR count). The van der Waals surface area contributed by atoms with Gasteiger partial charge >= 0.3 is 0 Å². The molecule has 1 aromatic heterocycles. The molecule has 1 heterocycles. The Morgan fingerprint density at radius 1 is 1.57 bits per heavy atom. The molecule has 108 valence electrons. The zero-order chi connectivity index (χ0) is 15.4. The van der Waals surface area contributed by atoms with Crippen molar-refractivity contribution in [1.82, 2.24) is 9.78 Å². The average Bonchev–Trinajstić information content (AvgIpc) is 2.81. The van der Waals surface area contributed by atoms with Gasteiger partial charge in [0, 0.05) is 18.7 Å². The van der Waals surface area contributed by atoms with Crippen LogP contribution in [0.3, 0.4) is 0 Å². The van der Waals surface area contributed by atoms with Crippen LogP contribution in [-0.4, -0.2) is 21.2 Å². The van der Waals surface area contributed by atoms with E-state index in [2.05, 4.69) is 10.4 Å². The number of benzene rings is 1. The molecule has 0 aliphatic heterocycles. The van der Waals surface area contributed by atoms with E-state index >= 15 is 0 Å². The van der Waals surface area contributed by atoms with Crippen LogP contribution >= 0.6 is 0 Å². The van der Waals surface area contributed by atoms with Gasteiger partial charge in [-0.15, -0.1) is 5.10 Å². The summed E-state index contributed by atoms with van der Waals surface area (Å²) in [5.74, 6) is 0.528. The highest BCUT2D eigenvalue weighted by Crippen LogP contribution is 2.25. The van der Waals surface area contributed by atoms with Crippen LogP contribution < -0.4 is 11.1 Å². The summed E-state index contributed by atoms with van der Waals surface area (Å²) in [6, 6.07) is 7.91. The largest absolute Gasteiger partial charge is 0.382 e. The van der Waals surface area contributed by atoms with E-state index in [4.69, 9.17) is 5.73 Å². The van der Waals surface area contributed by atoms with Crippen molar-refractivity contribution in [3.8, 4) is 11.8 Å². The Balaban J connectivity index is 2.49. The molecule has 21 heavy (non-hydrogen) atoms. The first kappa shape index (κ1) is 14.3. The Kier molecular flexibility index (Phi) is 4.04. The van der Waals surface area contributed by atoms with Crippen LogP contribution in [-0.2, 0) is 0 Å². The number of nitrogens with two attached hydrogens (primary N) is 1. The highest BCUT2D eigenvalue weighted by Gasteiger charge is 2.17. The number of anilines is 2. The summed E-state index contributed by atoms with van der Waals surface area (Å²) in [5, 5.41) is 27.2. The average molecular weight is 286 g/mol. The smallest absolute Gasteiger partial charge is 0.271 e. The molecule has 0 atom stereocenters. The Hall–Kier alpha value is -3.08. The van der Waals surface area contributed by atoms with Gasteiger partial charge in [-0.25, -0.2) is 4.68 Å². The fourth-order valence-corrected chi connectivity index (χ4v) is 1.84. The number of nitro groups is 1. The van der Waals surface area contributed by atoms with Gasteiger partial charge in [0.05, 0.1) is 10.6 Å². The fourth-order valence-electron chi connectivity index (χ4n) is 1.84. The second-order valence-corrected chi connectivity index (χ2v) is 4.34. The quantitative estimate of drug-likeness (QED) is 0.640. The molecule has 8 heteroatoms. The minimum atomic E-state index is -0.495. The van der Waals surface area contributed by atoms with Gasteiger partial charge < -0.3 is 11.1 Å². The monoisotopic (exact) mass is 286 g/mol. The van der Waals surface area contributed by atoms with Crippen molar-refractivity contribution >= 4 is 17.3 Å². The molecular formula is C13H14N6O2. The maximum atomic E-state index is 10.8. The summed E-state index contributed by atoms with van der Waals surface area (Å²) in [5.41, 5.74) is 6.51. The van der Waals surface area contributed by atoms with Gasteiger partial charge in [0.25, 0.3) is 5.69 Å². The predicted octanol–water partition coefficient (Wildman–Crippen LogP) is 2.06. The maximum Gasteiger partial charge on any atom is 0.271 e. The summed E-state index contributed by atoms with van der Waals surface area (Å²) in [6.45, 7) is 2.64. The molecule has 0 spiro atoms. The molecule has 0 saturated heterocycles. The second-order valence-electron chi connectivity index (χ2n) is 4.34. The number of rotatable bonds is 5. The summed E-state index contributed by atoms with van der Waals surface area (Å²) >= 11 is 0. The molecule has 3 N–H and O–H groups in total. The lowest BCUT2D eigenvalue weighted by atomic mass is 10.2. The van der Waals surface area contributed by atoms with Crippen molar-refractivity contribution in [1.29, 1.82) is 5.26 Å². The Labute approximate surface area is 120 Å². The van der Waals surface area contributed by atoms with E-state index < -0.39 is 4.92 Å². The molecule has 8 nitrogen and oxygen atoms in total. The lowest BCUT2D eigenvalue weighted by Gasteiger charge is -2.03. The van der Waals surface area contributed by atoms with Crippen molar-refractivity contribution < 1.29 is 4.92 Å². The number of aromatic nitrogens is 2. The second kappa shape index (κ2) is 5.92.